The van der Waals surface area contributed by atoms with Gasteiger partial charge in [-0.1, -0.05) is 53.8 Å². The number of rotatable bonds is 6. The van der Waals surface area contributed by atoms with Crippen molar-refractivity contribution >= 4 is 32.5 Å². The summed E-state index contributed by atoms with van der Waals surface area (Å²) in [6, 6.07) is 19.4. The Hall–Kier alpha value is -3.53. The van der Waals surface area contributed by atoms with Crippen molar-refractivity contribution in [3.8, 4) is 5.13 Å². The van der Waals surface area contributed by atoms with Crippen LogP contribution in [-0.4, -0.2) is 56.7 Å². The molecule has 36 heavy (non-hydrogen) atoms. The number of aryl methyl sites for hydroxylation is 1. The van der Waals surface area contributed by atoms with Crippen molar-refractivity contribution in [1.82, 2.24) is 23.8 Å². The average Bonchev–Trinajstić information content (AvgIpc) is 3.43. The average molecular weight is 502 g/mol. The summed E-state index contributed by atoms with van der Waals surface area (Å²) in [5.74, 6) is 0. The molecule has 6 rings (SSSR count). The fourth-order valence-electron chi connectivity index (χ4n) is 4.94. The van der Waals surface area contributed by atoms with Gasteiger partial charge in [-0.2, -0.15) is 4.68 Å². The van der Waals surface area contributed by atoms with Crippen molar-refractivity contribution in [1.29, 1.82) is 0 Å². The van der Waals surface area contributed by atoms with E-state index in [9.17, 15) is 9.59 Å². The molecule has 0 saturated carbocycles. The quantitative estimate of drug-likeness (QED) is 0.357. The number of para-hydroxylation sites is 1. The lowest BCUT2D eigenvalue weighted by Gasteiger charge is -2.27. The molecule has 2 aromatic carbocycles. The van der Waals surface area contributed by atoms with Crippen LogP contribution >= 0.6 is 11.3 Å². The number of fused-ring (bicyclic) bond motifs is 2. The van der Waals surface area contributed by atoms with Crippen LogP contribution in [0.5, 0.6) is 0 Å². The van der Waals surface area contributed by atoms with Crippen LogP contribution in [0.4, 0.5) is 0 Å². The SMILES string of the molecule is Cc1c2c(=O)n(-c3nc4ccccc4s3)n(Cc3ccccc3)c2cc(=O)n1CCN1CCOCC1. The fraction of sp³-hybridized carbons (Fsp3) is 0.296. The molecule has 9 heteroatoms. The summed E-state index contributed by atoms with van der Waals surface area (Å²) in [6.07, 6.45) is 0. The smallest absolute Gasteiger partial charge is 0.283 e. The molecule has 0 spiro atoms. The number of benzene rings is 2. The third-order valence-electron chi connectivity index (χ3n) is 6.86. The van der Waals surface area contributed by atoms with Gasteiger partial charge in [-0.05, 0) is 24.6 Å². The molecule has 3 aromatic heterocycles. The largest absolute Gasteiger partial charge is 0.379 e. The topological polar surface area (TPSA) is 74.3 Å². The lowest BCUT2D eigenvalue weighted by atomic mass is 10.2. The molecule has 5 aromatic rings. The van der Waals surface area contributed by atoms with Gasteiger partial charge < -0.3 is 9.30 Å². The number of hydrogen-bond acceptors (Lipinski definition) is 6. The van der Waals surface area contributed by atoms with Crippen LogP contribution in [0.15, 0.2) is 70.3 Å². The van der Waals surface area contributed by atoms with E-state index in [0.29, 0.717) is 48.0 Å². The van der Waals surface area contributed by atoms with E-state index in [1.54, 1.807) is 15.3 Å². The van der Waals surface area contributed by atoms with Crippen LogP contribution in [-0.2, 0) is 17.8 Å². The molecule has 0 N–H and O–H groups in total. The Kier molecular flexibility index (Phi) is 6.04. The van der Waals surface area contributed by atoms with E-state index >= 15 is 0 Å². The second-order valence-corrected chi connectivity index (χ2v) is 10.1. The Labute approximate surface area is 211 Å². The zero-order valence-electron chi connectivity index (χ0n) is 20.1. The molecule has 184 valence electrons. The molecule has 1 saturated heterocycles. The Balaban J connectivity index is 1.52. The maximum atomic E-state index is 14.0. The van der Waals surface area contributed by atoms with E-state index in [0.717, 1.165) is 35.4 Å². The van der Waals surface area contributed by atoms with Crippen molar-refractivity contribution in [2.45, 2.75) is 20.0 Å². The fourth-order valence-corrected chi connectivity index (χ4v) is 5.91. The number of nitrogens with zero attached hydrogens (tertiary/aromatic N) is 5. The first-order valence-corrected chi connectivity index (χ1v) is 13.0. The molecular formula is C27H27N5O3S. The molecule has 0 bridgehead atoms. The number of morpholine rings is 1. The van der Waals surface area contributed by atoms with Crippen LogP contribution in [0, 0.1) is 6.92 Å². The minimum absolute atomic E-state index is 0.100. The van der Waals surface area contributed by atoms with Gasteiger partial charge in [0.05, 0.1) is 40.9 Å². The third-order valence-corrected chi connectivity index (χ3v) is 7.87. The number of hydrogen-bond donors (Lipinski definition) is 0. The van der Waals surface area contributed by atoms with E-state index in [1.165, 1.54) is 11.3 Å². The van der Waals surface area contributed by atoms with E-state index in [4.69, 9.17) is 9.72 Å². The molecule has 4 heterocycles. The highest BCUT2D eigenvalue weighted by Gasteiger charge is 2.22. The van der Waals surface area contributed by atoms with Gasteiger partial charge in [-0.3, -0.25) is 19.2 Å². The first-order valence-electron chi connectivity index (χ1n) is 12.2. The minimum Gasteiger partial charge on any atom is -0.379 e. The molecule has 0 radical (unpaired) electrons. The molecule has 0 amide bonds. The normalized spacial score (nSPS) is 14.7. The summed E-state index contributed by atoms with van der Waals surface area (Å²) in [4.78, 5) is 34.3. The molecule has 1 fully saturated rings. The molecule has 8 nitrogen and oxygen atoms in total. The van der Waals surface area contributed by atoms with Gasteiger partial charge in [0, 0.05) is 37.9 Å². The molecule has 0 aliphatic carbocycles. The summed E-state index contributed by atoms with van der Waals surface area (Å²) in [5, 5.41) is 1.16. The summed E-state index contributed by atoms with van der Waals surface area (Å²) >= 11 is 1.48. The zero-order valence-corrected chi connectivity index (χ0v) is 20.9. The number of ether oxygens (including phenoxy) is 1. The van der Waals surface area contributed by atoms with Crippen molar-refractivity contribution < 1.29 is 4.74 Å². The predicted octanol–water partition coefficient (Wildman–Crippen LogP) is 3.25. The Morgan fingerprint density at radius 3 is 2.50 bits per heavy atom. The lowest BCUT2D eigenvalue weighted by Crippen LogP contribution is -2.39. The highest BCUT2D eigenvalue weighted by molar-refractivity contribution is 7.20. The van der Waals surface area contributed by atoms with E-state index < -0.39 is 0 Å². The van der Waals surface area contributed by atoms with Crippen LogP contribution in [0.25, 0.3) is 26.3 Å². The van der Waals surface area contributed by atoms with E-state index in [-0.39, 0.29) is 11.1 Å². The Morgan fingerprint density at radius 1 is 0.972 bits per heavy atom. The Bertz CT molecular complexity index is 1630. The molecular weight excluding hydrogens is 474 g/mol. The van der Waals surface area contributed by atoms with Crippen LogP contribution < -0.4 is 11.1 Å². The van der Waals surface area contributed by atoms with Crippen molar-refractivity contribution in [3.05, 3.63) is 92.6 Å². The first-order chi connectivity index (χ1) is 17.6. The highest BCUT2D eigenvalue weighted by atomic mass is 32.1. The minimum atomic E-state index is -0.155. The van der Waals surface area contributed by atoms with Crippen LogP contribution in [0.1, 0.15) is 11.3 Å². The molecule has 0 unspecified atom stereocenters. The third kappa shape index (κ3) is 4.09. The maximum Gasteiger partial charge on any atom is 0.283 e. The molecule has 1 aliphatic rings. The van der Waals surface area contributed by atoms with Crippen molar-refractivity contribution in [3.63, 3.8) is 0 Å². The Morgan fingerprint density at radius 2 is 1.72 bits per heavy atom. The van der Waals surface area contributed by atoms with Gasteiger partial charge >= 0.3 is 0 Å². The standard InChI is InChI=1S/C27H27N5O3S/c1-19-25-22(17-24(33)30(19)12-11-29-13-15-35-16-14-29)31(18-20-7-3-2-4-8-20)32(26(25)34)27-28-21-9-5-6-10-23(21)36-27/h2-10,17H,11-16,18H2,1H3. The first kappa shape index (κ1) is 22.9. The van der Waals surface area contributed by atoms with Gasteiger partial charge in [0.2, 0.25) is 5.13 Å². The summed E-state index contributed by atoms with van der Waals surface area (Å²) < 4.78 is 11.7. The van der Waals surface area contributed by atoms with Gasteiger partial charge in [0.25, 0.3) is 11.1 Å². The van der Waals surface area contributed by atoms with Crippen LogP contribution in [0.3, 0.4) is 0 Å². The van der Waals surface area contributed by atoms with Crippen molar-refractivity contribution in [2.24, 2.45) is 0 Å². The van der Waals surface area contributed by atoms with Gasteiger partial charge in [-0.15, -0.1) is 0 Å². The molecule has 0 atom stereocenters. The summed E-state index contributed by atoms with van der Waals surface area (Å²) in [6.45, 7) is 6.73. The lowest BCUT2D eigenvalue weighted by molar-refractivity contribution is 0.0362. The monoisotopic (exact) mass is 501 g/mol. The van der Waals surface area contributed by atoms with Gasteiger partial charge in [0.1, 0.15) is 0 Å². The second-order valence-electron chi connectivity index (χ2n) is 9.06. The summed E-state index contributed by atoms with van der Waals surface area (Å²) in [5.41, 5.74) is 2.96. The van der Waals surface area contributed by atoms with Gasteiger partial charge in [0.15, 0.2) is 0 Å². The highest BCUT2D eigenvalue weighted by Crippen LogP contribution is 2.26. The number of thiazole rings is 1. The van der Waals surface area contributed by atoms with E-state index in [2.05, 4.69) is 4.90 Å². The van der Waals surface area contributed by atoms with Gasteiger partial charge in [-0.25, -0.2) is 4.98 Å². The van der Waals surface area contributed by atoms with Crippen LogP contribution in [0.2, 0.25) is 0 Å². The molecule has 1 aliphatic heterocycles. The second kappa shape index (κ2) is 9.50. The maximum absolute atomic E-state index is 14.0. The number of aromatic nitrogens is 4. The van der Waals surface area contributed by atoms with E-state index in [1.807, 2.05) is 66.2 Å². The zero-order chi connectivity index (χ0) is 24.6. The predicted molar refractivity (Wildman–Crippen MR) is 143 cm³/mol. The van der Waals surface area contributed by atoms with Crippen molar-refractivity contribution in [2.75, 3.05) is 32.8 Å². The number of pyridine rings is 1. The summed E-state index contributed by atoms with van der Waals surface area (Å²) in [7, 11) is 0.